The number of ether oxygens (including phenoxy) is 1. The second-order valence-corrected chi connectivity index (χ2v) is 8.00. The monoisotopic (exact) mass is 388 g/mol. The van der Waals surface area contributed by atoms with E-state index in [1.165, 1.54) is 50.7 Å². The van der Waals surface area contributed by atoms with Crippen molar-refractivity contribution in [1.82, 2.24) is 9.69 Å². The fourth-order valence-corrected chi connectivity index (χ4v) is 4.66. The Morgan fingerprint density at radius 1 is 1.37 bits per heavy atom. The van der Waals surface area contributed by atoms with Crippen molar-refractivity contribution in [3.05, 3.63) is 29.0 Å². The summed E-state index contributed by atoms with van der Waals surface area (Å²) in [7, 11) is 1.38. The number of nitrogens with one attached hydrogen (secondary N) is 2. The number of carbonyl (C=O) groups is 1. The minimum absolute atomic E-state index is 0.0402. The van der Waals surface area contributed by atoms with Gasteiger partial charge in [0.1, 0.15) is 16.4 Å². The van der Waals surface area contributed by atoms with Crippen LogP contribution in [-0.2, 0) is 9.53 Å². The number of methoxy groups -OCH3 is 1. The quantitative estimate of drug-likeness (QED) is 0.689. The van der Waals surface area contributed by atoms with Crippen molar-refractivity contribution in [1.29, 1.82) is 0 Å². The van der Waals surface area contributed by atoms with Gasteiger partial charge in [0.15, 0.2) is 0 Å². The highest BCUT2D eigenvalue weighted by Gasteiger charge is 2.31. The zero-order valence-corrected chi connectivity index (χ0v) is 16.1. The van der Waals surface area contributed by atoms with E-state index in [1.54, 1.807) is 6.08 Å². The maximum Gasteiger partial charge on any atom is 0.335 e. The number of hydrogen-bond donors (Lipinski definition) is 3. The summed E-state index contributed by atoms with van der Waals surface area (Å²) in [4.78, 5) is 17.0. The summed E-state index contributed by atoms with van der Waals surface area (Å²) in [6.07, 6.45) is 10.5. The molecule has 1 unspecified atom stereocenters. The average Bonchev–Trinajstić information content (AvgIpc) is 3.04. The van der Waals surface area contributed by atoms with E-state index in [9.17, 15) is 9.90 Å². The number of rotatable bonds is 3. The molecule has 1 saturated carbocycles. The van der Waals surface area contributed by atoms with Crippen molar-refractivity contribution in [2.75, 3.05) is 19.0 Å². The molecule has 3 aliphatic rings. The first-order valence-electron chi connectivity index (χ1n) is 9.42. The predicted molar refractivity (Wildman–Crippen MR) is 105 cm³/mol. The summed E-state index contributed by atoms with van der Waals surface area (Å²) in [6.45, 7) is 0.806. The van der Waals surface area contributed by atoms with Crippen LogP contribution in [0.3, 0.4) is 0 Å². The molecule has 0 radical (unpaired) electrons. The summed E-state index contributed by atoms with van der Waals surface area (Å²) < 4.78 is 9.00. The molecule has 0 spiro atoms. The predicted octanol–water partition coefficient (Wildman–Crippen LogP) is 2.95. The van der Waals surface area contributed by atoms with Crippen molar-refractivity contribution >= 4 is 28.3 Å². The first-order valence-corrected chi connectivity index (χ1v) is 10.2. The van der Waals surface area contributed by atoms with Gasteiger partial charge in [-0.15, -0.1) is 0 Å². The molecule has 1 aromatic heterocycles. The first-order chi connectivity index (χ1) is 13.2. The van der Waals surface area contributed by atoms with Crippen LogP contribution < -0.4 is 10.6 Å². The number of anilines is 1. The van der Waals surface area contributed by atoms with Crippen LogP contribution in [0.15, 0.2) is 28.4 Å². The van der Waals surface area contributed by atoms with E-state index in [4.69, 9.17) is 9.73 Å². The van der Waals surface area contributed by atoms with Gasteiger partial charge in [-0.3, -0.25) is 4.99 Å². The molecule has 3 N–H and O–H groups in total. The van der Waals surface area contributed by atoms with E-state index in [0.717, 1.165) is 17.2 Å². The molecular formula is C19H24N4O3S. The highest BCUT2D eigenvalue weighted by Crippen LogP contribution is 2.36. The summed E-state index contributed by atoms with van der Waals surface area (Å²) in [5.74, 6) is 0.783. The zero-order chi connectivity index (χ0) is 18.8. The molecule has 1 atom stereocenters. The number of esters is 1. The van der Waals surface area contributed by atoms with Gasteiger partial charge in [-0.1, -0.05) is 19.3 Å². The number of nitrogens with zero attached hydrogens (tertiary/aromatic N) is 2. The highest BCUT2D eigenvalue weighted by molar-refractivity contribution is 7.11. The third-order valence-electron chi connectivity index (χ3n) is 5.41. The number of amidine groups is 1. The fourth-order valence-electron chi connectivity index (χ4n) is 3.93. The molecule has 8 heteroatoms. The minimum atomic E-state index is -0.376. The Labute approximate surface area is 162 Å². The van der Waals surface area contributed by atoms with Crippen LogP contribution in [0.5, 0.6) is 5.88 Å². The van der Waals surface area contributed by atoms with Crippen molar-refractivity contribution in [2.45, 2.75) is 44.6 Å². The number of aromatic hydroxyl groups is 1. The van der Waals surface area contributed by atoms with Gasteiger partial charge < -0.3 is 20.5 Å². The van der Waals surface area contributed by atoms with Crippen LogP contribution in [0, 0.1) is 5.92 Å². The van der Waals surface area contributed by atoms with Crippen LogP contribution in [0.2, 0.25) is 0 Å². The fraction of sp³-hybridized carbons (Fsp3) is 0.526. The molecule has 4 rings (SSSR count). The van der Waals surface area contributed by atoms with Crippen LogP contribution in [-0.4, -0.2) is 41.0 Å². The summed E-state index contributed by atoms with van der Waals surface area (Å²) in [5, 5.41) is 17.9. The lowest BCUT2D eigenvalue weighted by Crippen LogP contribution is -2.35. The molecule has 144 valence electrons. The number of fused-ring (bicyclic) bond motifs is 3. The molecule has 0 aromatic carbocycles. The maximum atomic E-state index is 12.1. The molecule has 2 aliphatic carbocycles. The molecular weight excluding hydrogens is 364 g/mol. The molecule has 1 fully saturated rings. The SMILES string of the molecule is COC(=O)C1=CC=C2CC1/N=C(\NCC1CCCCC1)c1c(O)nsc1N2. The minimum Gasteiger partial charge on any atom is -0.492 e. The molecule has 7 nitrogen and oxygen atoms in total. The Kier molecular flexibility index (Phi) is 5.15. The number of aliphatic imine (C=N–C) groups is 1. The number of aromatic nitrogens is 1. The summed E-state index contributed by atoms with van der Waals surface area (Å²) >= 11 is 1.21. The average molecular weight is 388 g/mol. The van der Waals surface area contributed by atoms with Gasteiger partial charge in [-0.25, -0.2) is 4.79 Å². The number of hydrogen-bond acceptors (Lipinski definition) is 8. The number of carbonyl (C=O) groups excluding carboxylic acids is 1. The first kappa shape index (κ1) is 18.0. The lowest BCUT2D eigenvalue weighted by molar-refractivity contribution is -0.136. The Morgan fingerprint density at radius 2 is 2.19 bits per heavy atom. The molecule has 0 amide bonds. The largest absolute Gasteiger partial charge is 0.492 e. The molecule has 27 heavy (non-hydrogen) atoms. The normalized spacial score (nSPS) is 24.2. The second kappa shape index (κ2) is 7.72. The van der Waals surface area contributed by atoms with Gasteiger partial charge in [0.25, 0.3) is 0 Å². The molecule has 0 saturated heterocycles. The third kappa shape index (κ3) is 3.71. The zero-order valence-electron chi connectivity index (χ0n) is 15.3. The lowest BCUT2D eigenvalue weighted by Gasteiger charge is -2.27. The van der Waals surface area contributed by atoms with Gasteiger partial charge in [-0.2, -0.15) is 4.37 Å². The Hall–Kier alpha value is -2.35. The molecule has 2 heterocycles. The second-order valence-electron chi connectivity index (χ2n) is 7.22. The van der Waals surface area contributed by atoms with E-state index in [2.05, 4.69) is 15.0 Å². The van der Waals surface area contributed by atoms with Crippen molar-refractivity contribution in [3.8, 4) is 5.88 Å². The van der Waals surface area contributed by atoms with E-state index < -0.39 is 0 Å². The van der Waals surface area contributed by atoms with Gasteiger partial charge >= 0.3 is 5.97 Å². The Morgan fingerprint density at radius 3 is 2.96 bits per heavy atom. The summed E-state index contributed by atoms with van der Waals surface area (Å²) in [6, 6.07) is -0.355. The number of allylic oxidation sites excluding steroid dienone is 2. The van der Waals surface area contributed by atoms with Crippen LogP contribution in [0.25, 0.3) is 0 Å². The van der Waals surface area contributed by atoms with E-state index >= 15 is 0 Å². The van der Waals surface area contributed by atoms with E-state index in [-0.39, 0.29) is 17.9 Å². The van der Waals surface area contributed by atoms with Gasteiger partial charge in [-0.05, 0) is 42.4 Å². The topological polar surface area (TPSA) is 95.8 Å². The van der Waals surface area contributed by atoms with Crippen molar-refractivity contribution in [3.63, 3.8) is 0 Å². The lowest BCUT2D eigenvalue weighted by atomic mass is 9.89. The van der Waals surface area contributed by atoms with Crippen LogP contribution >= 0.6 is 11.5 Å². The third-order valence-corrected chi connectivity index (χ3v) is 6.16. The smallest absolute Gasteiger partial charge is 0.335 e. The van der Waals surface area contributed by atoms with Gasteiger partial charge in [0.05, 0.1) is 18.7 Å². The molecule has 2 bridgehead atoms. The van der Waals surface area contributed by atoms with Crippen molar-refractivity contribution in [2.24, 2.45) is 10.9 Å². The van der Waals surface area contributed by atoms with Crippen LogP contribution in [0.4, 0.5) is 5.00 Å². The van der Waals surface area contributed by atoms with Gasteiger partial charge in [0, 0.05) is 18.7 Å². The Balaban J connectivity index is 1.66. The van der Waals surface area contributed by atoms with E-state index in [0.29, 0.717) is 29.3 Å². The Bertz CT molecular complexity index is 821. The van der Waals surface area contributed by atoms with Crippen molar-refractivity contribution < 1.29 is 14.6 Å². The highest BCUT2D eigenvalue weighted by atomic mass is 32.1. The maximum absolute atomic E-state index is 12.1. The van der Waals surface area contributed by atoms with Gasteiger partial charge in [0.2, 0.25) is 5.88 Å². The van der Waals surface area contributed by atoms with Crippen LogP contribution in [0.1, 0.15) is 44.1 Å². The summed E-state index contributed by atoms with van der Waals surface area (Å²) in [5.41, 5.74) is 2.04. The standard InChI is InChI=1S/C19H24N4O3S/c1-26-19(25)13-8-7-12-9-14(13)22-16(15-17(24)23-27-18(15)21-12)20-10-11-5-3-2-4-6-11/h7-8,11,14,21H,2-6,9-10H2,1H3,(H,20,22)(H,23,24). The van der Waals surface area contributed by atoms with E-state index in [1.807, 2.05) is 6.08 Å². The molecule has 1 aromatic rings. The molecule has 1 aliphatic heterocycles.